The van der Waals surface area contributed by atoms with Crippen LogP contribution in [-0.2, 0) is 6.42 Å². The highest BCUT2D eigenvalue weighted by Gasteiger charge is 2.32. The number of nitrogens with one attached hydrogen (secondary N) is 1. The number of aryl methyl sites for hydroxylation is 1. The molecule has 0 saturated carbocycles. The molecule has 0 saturated heterocycles. The van der Waals surface area contributed by atoms with Gasteiger partial charge in [-0.3, -0.25) is 4.90 Å². The van der Waals surface area contributed by atoms with Gasteiger partial charge in [-0.25, -0.2) is 0 Å². The third kappa shape index (κ3) is 3.58. The Bertz CT molecular complexity index is 447. The third-order valence-corrected chi connectivity index (χ3v) is 4.59. The number of rotatable bonds is 7. The molecule has 0 spiro atoms. The molecule has 0 radical (unpaired) electrons. The monoisotopic (exact) mass is 290 g/mol. The second kappa shape index (κ2) is 7.81. The molecule has 0 amide bonds. The van der Waals surface area contributed by atoms with Gasteiger partial charge in [-0.2, -0.15) is 0 Å². The van der Waals surface area contributed by atoms with Gasteiger partial charge in [0.2, 0.25) is 0 Å². The Morgan fingerprint density at radius 2 is 2.10 bits per heavy atom. The fourth-order valence-electron chi connectivity index (χ4n) is 3.60. The zero-order valence-electron chi connectivity index (χ0n) is 14.0. The molecule has 0 bridgehead atoms. The fourth-order valence-corrected chi connectivity index (χ4v) is 3.60. The highest BCUT2D eigenvalue weighted by atomic mass is 16.5. The molecule has 0 aromatic heterocycles. The summed E-state index contributed by atoms with van der Waals surface area (Å²) in [6.45, 7) is 10.1. The number of methoxy groups -OCH3 is 1. The van der Waals surface area contributed by atoms with Crippen molar-refractivity contribution in [2.75, 3.05) is 26.7 Å². The zero-order valence-corrected chi connectivity index (χ0v) is 14.0. The molecule has 3 heteroatoms. The Morgan fingerprint density at radius 1 is 1.29 bits per heavy atom. The van der Waals surface area contributed by atoms with Crippen LogP contribution in [0.2, 0.25) is 0 Å². The molecule has 1 aromatic rings. The summed E-state index contributed by atoms with van der Waals surface area (Å²) in [6.07, 6.45) is 3.63. The molecule has 1 aliphatic carbocycles. The van der Waals surface area contributed by atoms with E-state index in [4.69, 9.17) is 4.74 Å². The molecule has 1 N–H and O–H groups in total. The first-order valence-corrected chi connectivity index (χ1v) is 8.39. The van der Waals surface area contributed by atoms with Crippen LogP contribution < -0.4 is 10.1 Å². The lowest BCUT2D eigenvalue weighted by Gasteiger charge is -2.41. The first-order chi connectivity index (χ1) is 10.2. The minimum absolute atomic E-state index is 0.417. The molecule has 0 fully saturated rings. The first kappa shape index (κ1) is 16.3. The van der Waals surface area contributed by atoms with Gasteiger partial charge >= 0.3 is 0 Å². The van der Waals surface area contributed by atoms with E-state index >= 15 is 0 Å². The number of hydrogen-bond donors (Lipinski definition) is 1. The molecule has 3 nitrogen and oxygen atoms in total. The first-order valence-electron chi connectivity index (χ1n) is 8.39. The maximum absolute atomic E-state index is 5.43. The van der Waals surface area contributed by atoms with Crippen molar-refractivity contribution < 1.29 is 4.74 Å². The molecular weight excluding hydrogens is 260 g/mol. The highest BCUT2D eigenvalue weighted by Crippen LogP contribution is 2.35. The maximum Gasteiger partial charge on any atom is 0.119 e. The van der Waals surface area contributed by atoms with Crippen LogP contribution in [0.5, 0.6) is 5.75 Å². The maximum atomic E-state index is 5.43. The quantitative estimate of drug-likeness (QED) is 0.833. The van der Waals surface area contributed by atoms with Gasteiger partial charge in [-0.1, -0.05) is 26.8 Å². The van der Waals surface area contributed by atoms with Crippen molar-refractivity contribution in [1.29, 1.82) is 0 Å². The summed E-state index contributed by atoms with van der Waals surface area (Å²) in [6, 6.07) is 7.57. The third-order valence-electron chi connectivity index (χ3n) is 4.59. The smallest absolute Gasteiger partial charge is 0.119 e. The van der Waals surface area contributed by atoms with Crippen LogP contribution in [0.4, 0.5) is 0 Å². The predicted molar refractivity (Wildman–Crippen MR) is 89.1 cm³/mol. The van der Waals surface area contributed by atoms with Gasteiger partial charge in [0.05, 0.1) is 7.11 Å². The number of hydrogen-bond acceptors (Lipinski definition) is 3. The second-order valence-electron chi connectivity index (χ2n) is 5.83. The Balaban J connectivity index is 2.32. The lowest BCUT2D eigenvalue weighted by atomic mass is 9.83. The van der Waals surface area contributed by atoms with Gasteiger partial charge in [-0.15, -0.1) is 0 Å². The summed E-state index contributed by atoms with van der Waals surface area (Å²) in [5.74, 6) is 0.968. The number of nitrogens with zero attached hydrogens (tertiary/aromatic N) is 1. The lowest BCUT2D eigenvalue weighted by molar-refractivity contribution is 0.147. The Hall–Kier alpha value is -1.06. The van der Waals surface area contributed by atoms with Crippen LogP contribution in [0.25, 0.3) is 0 Å². The van der Waals surface area contributed by atoms with Crippen molar-refractivity contribution >= 4 is 0 Å². The van der Waals surface area contributed by atoms with Crippen molar-refractivity contribution in [3.8, 4) is 5.75 Å². The minimum atomic E-state index is 0.417. The largest absolute Gasteiger partial charge is 0.497 e. The van der Waals surface area contributed by atoms with Crippen molar-refractivity contribution in [2.45, 2.75) is 52.1 Å². The average Bonchev–Trinajstić information content (AvgIpc) is 2.53. The van der Waals surface area contributed by atoms with Crippen molar-refractivity contribution in [2.24, 2.45) is 0 Å². The number of fused-ring (bicyclic) bond motifs is 1. The van der Waals surface area contributed by atoms with Gasteiger partial charge in [-0.05, 0) is 62.2 Å². The number of benzene rings is 1. The van der Waals surface area contributed by atoms with Gasteiger partial charge in [0, 0.05) is 12.1 Å². The second-order valence-corrected chi connectivity index (χ2v) is 5.83. The summed E-state index contributed by atoms with van der Waals surface area (Å²) in [7, 11) is 1.75. The van der Waals surface area contributed by atoms with Crippen LogP contribution >= 0.6 is 0 Å². The number of likely N-dealkylation sites (N-methyl/N-ethyl adjacent to an activating group) is 2. The molecule has 0 aliphatic heterocycles. The summed E-state index contributed by atoms with van der Waals surface area (Å²) >= 11 is 0. The van der Waals surface area contributed by atoms with E-state index in [9.17, 15) is 0 Å². The van der Waals surface area contributed by atoms with E-state index in [1.165, 1.54) is 36.9 Å². The highest BCUT2D eigenvalue weighted by molar-refractivity contribution is 5.40. The summed E-state index contributed by atoms with van der Waals surface area (Å²) in [5.41, 5.74) is 2.91. The van der Waals surface area contributed by atoms with Crippen LogP contribution in [0, 0.1) is 0 Å². The Labute approximate surface area is 129 Å². The standard InChI is InChI=1S/C18H30N2O/c1-5-12-20(7-3)17-11-9-14-8-10-15(21-4)13-16(14)18(17)19-6-2/h8,10,13,17-19H,5-7,9,11-12H2,1-4H3. The molecule has 2 unspecified atom stereocenters. The minimum Gasteiger partial charge on any atom is -0.497 e. The van der Waals surface area contributed by atoms with Gasteiger partial charge in [0.25, 0.3) is 0 Å². The van der Waals surface area contributed by atoms with Crippen LogP contribution in [0.1, 0.15) is 50.8 Å². The molecule has 1 aromatic carbocycles. The molecule has 2 atom stereocenters. The van der Waals surface area contributed by atoms with E-state index in [0.717, 1.165) is 18.8 Å². The average molecular weight is 290 g/mol. The Morgan fingerprint density at radius 3 is 2.71 bits per heavy atom. The van der Waals surface area contributed by atoms with Crippen molar-refractivity contribution in [1.82, 2.24) is 10.2 Å². The van der Waals surface area contributed by atoms with E-state index in [-0.39, 0.29) is 0 Å². The van der Waals surface area contributed by atoms with E-state index in [0.29, 0.717) is 12.1 Å². The fraction of sp³-hybridized carbons (Fsp3) is 0.667. The SMILES string of the molecule is CCCN(CC)C1CCc2ccc(OC)cc2C1NCC. The van der Waals surface area contributed by atoms with E-state index in [2.05, 4.69) is 49.2 Å². The van der Waals surface area contributed by atoms with Crippen molar-refractivity contribution in [3.63, 3.8) is 0 Å². The van der Waals surface area contributed by atoms with Gasteiger partial charge in [0.15, 0.2) is 0 Å². The van der Waals surface area contributed by atoms with E-state index in [1.807, 2.05) is 0 Å². The van der Waals surface area contributed by atoms with Crippen molar-refractivity contribution in [3.05, 3.63) is 29.3 Å². The molecule has 1 aliphatic rings. The van der Waals surface area contributed by atoms with E-state index in [1.54, 1.807) is 7.11 Å². The summed E-state index contributed by atoms with van der Waals surface area (Å²) < 4.78 is 5.43. The molecule has 0 heterocycles. The predicted octanol–water partition coefficient (Wildman–Crippen LogP) is 3.39. The zero-order chi connectivity index (χ0) is 15.2. The Kier molecular flexibility index (Phi) is 6.07. The van der Waals surface area contributed by atoms with Gasteiger partial charge in [0.1, 0.15) is 5.75 Å². The van der Waals surface area contributed by atoms with Gasteiger partial charge < -0.3 is 10.1 Å². The lowest BCUT2D eigenvalue weighted by Crippen LogP contribution is -2.47. The topological polar surface area (TPSA) is 24.5 Å². The molecule has 2 rings (SSSR count). The van der Waals surface area contributed by atoms with E-state index < -0.39 is 0 Å². The molecule has 118 valence electrons. The summed E-state index contributed by atoms with van der Waals surface area (Å²) in [5, 5.41) is 3.72. The number of ether oxygens (including phenoxy) is 1. The normalized spacial score (nSPS) is 21.4. The van der Waals surface area contributed by atoms with Crippen LogP contribution in [-0.4, -0.2) is 37.7 Å². The van der Waals surface area contributed by atoms with Crippen LogP contribution in [0.15, 0.2) is 18.2 Å². The summed E-state index contributed by atoms with van der Waals surface area (Å²) in [4.78, 5) is 2.63. The molecule has 21 heavy (non-hydrogen) atoms. The molecular formula is C18H30N2O. The van der Waals surface area contributed by atoms with Crippen LogP contribution in [0.3, 0.4) is 0 Å².